The van der Waals surface area contributed by atoms with Gasteiger partial charge in [-0.3, -0.25) is 4.90 Å². The second-order valence-corrected chi connectivity index (χ2v) is 7.19. The molecular formula is C22H28N6O+2. The maximum atomic E-state index is 5.58. The third-order valence-corrected chi connectivity index (χ3v) is 5.05. The number of hydrogen-bond acceptors (Lipinski definition) is 5. The van der Waals surface area contributed by atoms with Crippen molar-refractivity contribution < 1.29 is 14.6 Å². The van der Waals surface area contributed by atoms with Crippen molar-refractivity contribution in [2.45, 2.75) is 20.3 Å². The van der Waals surface area contributed by atoms with Crippen molar-refractivity contribution in [2.75, 3.05) is 31.8 Å². The maximum absolute atomic E-state index is 5.58. The van der Waals surface area contributed by atoms with Crippen molar-refractivity contribution in [3.05, 3.63) is 59.8 Å². The van der Waals surface area contributed by atoms with Crippen LogP contribution < -0.4 is 25.3 Å². The summed E-state index contributed by atoms with van der Waals surface area (Å²) in [6.07, 6.45) is 1.07. The third-order valence-electron chi connectivity index (χ3n) is 5.05. The number of rotatable bonds is 6. The first-order valence-electron chi connectivity index (χ1n) is 10.1. The van der Waals surface area contributed by atoms with E-state index >= 15 is 0 Å². The highest BCUT2D eigenvalue weighted by atomic mass is 16.5. The molecule has 1 aromatic heterocycles. The first-order valence-corrected chi connectivity index (χ1v) is 10.1. The zero-order valence-corrected chi connectivity index (χ0v) is 17.0. The Morgan fingerprint density at radius 2 is 2.03 bits per heavy atom. The second-order valence-electron chi connectivity index (χ2n) is 7.19. The van der Waals surface area contributed by atoms with Gasteiger partial charge in [0.1, 0.15) is 5.75 Å². The number of nitrogens with one attached hydrogen (secondary N) is 4. The first-order chi connectivity index (χ1) is 14.2. The van der Waals surface area contributed by atoms with Crippen LogP contribution in [-0.4, -0.2) is 42.4 Å². The summed E-state index contributed by atoms with van der Waals surface area (Å²) in [4.78, 5) is 14.1. The minimum atomic E-state index is 0.585. The van der Waals surface area contributed by atoms with Gasteiger partial charge < -0.3 is 4.74 Å². The molecule has 2 aromatic carbocycles. The van der Waals surface area contributed by atoms with Gasteiger partial charge in [-0.2, -0.15) is 4.98 Å². The Balaban J connectivity index is 1.38. The highest BCUT2D eigenvalue weighted by Gasteiger charge is 2.21. The number of anilines is 1. The van der Waals surface area contributed by atoms with Gasteiger partial charge in [-0.1, -0.05) is 30.3 Å². The van der Waals surface area contributed by atoms with E-state index in [0.29, 0.717) is 12.6 Å². The molecule has 1 aliphatic heterocycles. The summed E-state index contributed by atoms with van der Waals surface area (Å²) >= 11 is 0. The Kier molecular flexibility index (Phi) is 5.86. The highest BCUT2D eigenvalue weighted by Crippen LogP contribution is 2.22. The molecular weight excluding hydrogens is 364 g/mol. The lowest BCUT2D eigenvalue weighted by Crippen LogP contribution is -3.24. The van der Waals surface area contributed by atoms with Gasteiger partial charge >= 0.3 is 5.96 Å². The van der Waals surface area contributed by atoms with E-state index < -0.39 is 0 Å². The molecule has 4 N–H and O–H groups in total. The summed E-state index contributed by atoms with van der Waals surface area (Å²) in [5.74, 6) is 2.27. The normalized spacial score (nSPS) is 16.2. The van der Waals surface area contributed by atoms with E-state index in [-0.39, 0.29) is 0 Å². The Bertz CT molecular complexity index is 1000. The smallest absolute Gasteiger partial charge is 0.359 e. The van der Waals surface area contributed by atoms with Crippen molar-refractivity contribution in [1.29, 1.82) is 0 Å². The third kappa shape index (κ3) is 4.81. The van der Waals surface area contributed by atoms with Gasteiger partial charge in [0.15, 0.2) is 13.3 Å². The zero-order valence-electron chi connectivity index (χ0n) is 17.0. The lowest BCUT2D eigenvalue weighted by atomic mass is 10.1. The van der Waals surface area contributed by atoms with Gasteiger partial charge in [0.25, 0.3) is 5.95 Å². The number of quaternary nitrogens is 1. The molecule has 1 unspecified atom stereocenters. The molecule has 1 aliphatic rings. The average Bonchev–Trinajstić information content (AvgIpc) is 2.75. The number of benzene rings is 2. The van der Waals surface area contributed by atoms with Gasteiger partial charge in [-0.15, -0.1) is 0 Å². The van der Waals surface area contributed by atoms with Crippen LogP contribution in [0.2, 0.25) is 0 Å². The lowest BCUT2D eigenvalue weighted by Gasteiger charge is -2.20. The van der Waals surface area contributed by atoms with Crippen molar-refractivity contribution in [2.24, 2.45) is 0 Å². The lowest BCUT2D eigenvalue weighted by molar-refractivity contribution is -0.980. The molecule has 29 heavy (non-hydrogen) atoms. The topological polar surface area (TPSA) is 77.5 Å². The molecule has 3 aromatic rings. The Hall–Kier alpha value is -3.19. The van der Waals surface area contributed by atoms with E-state index in [1.807, 2.05) is 32.0 Å². The van der Waals surface area contributed by atoms with E-state index in [1.165, 1.54) is 10.5 Å². The number of nitrogens with zero attached hydrogens (tertiary/aromatic N) is 2. The summed E-state index contributed by atoms with van der Waals surface area (Å²) in [7, 11) is 0. The van der Waals surface area contributed by atoms with Gasteiger partial charge in [0, 0.05) is 11.8 Å². The fourth-order valence-corrected chi connectivity index (χ4v) is 3.47. The first kappa shape index (κ1) is 19.1. The van der Waals surface area contributed by atoms with E-state index in [1.54, 1.807) is 0 Å². The monoisotopic (exact) mass is 392 g/mol. The molecule has 0 saturated carbocycles. The van der Waals surface area contributed by atoms with E-state index in [2.05, 4.69) is 55.9 Å². The van der Waals surface area contributed by atoms with E-state index in [0.717, 1.165) is 54.6 Å². The van der Waals surface area contributed by atoms with Crippen molar-refractivity contribution in [3.63, 3.8) is 0 Å². The van der Waals surface area contributed by atoms with Crippen LogP contribution in [0.25, 0.3) is 10.9 Å². The van der Waals surface area contributed by atoms with Crippen molar-refractivity contribution in [3.8, 4) is 5.75 Å². The van der Waals surface area contributed by atoms with Crippen LogP contribution in [0.15, 0.2) is 48.5 Å². The molecule has 0 amide bonds. The summed E-state index contributed by atoms with van der Waals surface area (Å²) in [5.41, 5.74) is 3.20. The van der Waals surface area contributed by atoms with Crippen LogP contribution in [0.3, 0.4) is 0 Å². The number of guanidine groups is 1. The molecule has 4 rings (SSSR count). The molecule has 0 fully saturated rings. The fourth-order valence-electron chi connectivity index (χ4n) is 3.47. The van der Waals surface area contributed by atoms with Crippen molar-refractivity contribution in [1.82, 2.24) is 15.3 Å². The van der Waals surface area contributed by atoms with E-state index in [9.17, 15) is 0 Å². The van der Waals surface area contributed by atoms with Gasteiger partial charge in [0.05, 0.1) is 24.4 Å². The molecule has 0 saturated heterocycles. The molecule has 0 bridgehead atoms. The Labute approximate surface area is 170 Å². The van der Waals surface area contributed by atoms with Crippen LogP contribution in [0.4, 0.5) is 5.95 Å². The number of ether oxygens (including phenoxy) is 1. The van der Waals surface area contributed by atoms with E-state index in [4.69, 9.17) is 4.74 Å². The second kappa shape index (κ2) is 8.87. The largest absolute Gasteiger partial charge is 0.494 e. The Morgan fingerprint density at radius 3 is 2.79 bits per heavy atom. The van der Waals surface area contributed by atoms with Gasteiger partial charge in [-0.05, 0) is 37.6 Å². The highest BCUT2D eigenvalue weighted by molar-refractivity contribution is 5.89. The molecule has 7 nitrogen and oxygen atoms in total. The van der Waals surface area contributed by atoms with Crippen LogP contribution in [-0.2, 0) is 6.42 Å². The predicted molar refractivity (Wildman–Crippen MR) is 114 cm³/mol. The molecule has 2 heterocycles. The number of fused-ring (bicyclic) bond motifs is 1. The minimum Gasteiger partial charge on any atom is -0.494 e. The molecule has 7 heteroatoms. The maximum Gasteiger partial charge on any atom is 0.359 e. The predicted octanol–water partition coefficient (Wildman–Crippen LogP) is -0.169. The molecule has 0 radical (unpaired) electrons. The van der Waals surface area contributed by atoms with Crippen LogP contribution in [0.1, 0.15) is 18.2 Å². The van der Waals surface area contributed by atoms with Crippen LogP contribution >= 0.6 is 0 Å². The minimum absolute atomic E-state index is 0.585. The number of hydrogen-bond donors (Lipinski definition) is 4. The summed E-state index contributed by atoms with van der Waals surface area (Å²) in [6.45, 7) is 7.40. The van der Waals surface area contributed by atoms with Crippen LogP contribution in [0, 0.1) is 6.92 Å². The fraction of sp³-hybridized carbons (Fsp3) is 0.318. The quantitative estimate of drug-likeness (QED) is 0.469. The number of aryl methyl sites for hydroxylation is 1. The van der Waals surface area contributed by atoms with Crippen molar-refractivity contribution >= 4 is 22.8 Å². The average molecular weight is 393 g/mol. The van der Waals surface area contributed by atoms with Crippen LogP contribution in [0.5, 0.6) is 5.75 Å². The molecule has 0 aliphatic carbocycles. The van der Waals surface area contributed by atoms with Gasteiger partial charge in [-0.25, -0.2) is 20.6 Å². The summed E-state index contributed by atoms with van der Waals surface area (Å²) in [5, 5.41) is 7.69. The summed E-state index contributed by atoms with van der Waals surface area (Å²) < 4.78 is 5.58. The van der Waals surface area contributed by atoms with Gasteiger partial charge in [0.2, 0.25) is 0 Å². The SMILES string of the molecule is CCOc1ccc2nc(NC3=[NH+]C[NH+](CCc4ccccc4)CN3)nc(C)c2c1. The molecule has 0 spiro atoms. The number of aromatic nitrogens is 2. The molecule has 1 atom stereocenters. The molecule has 150 valence electrons. The summed E-state index contributed by atoms with van der Waals surface area (Å²) in [6, 6.07) is 16.5. The standard InChI is InChI=1S/C22H26N6O/c1-3-29-18-9-10-20-19(13-18)16(2)25-22(26-20)27-21-23-14-28(15-24-21)12-11-17-7-5-4-6-8-17/h4-10,13H,3,11-12,14-15H2,1-2H3,(H2,23,24,25,26,27)/p+2. The Morgan fingerprint density at radius 1 is 1.17 bits per heavy atom. The zero-order chi connectivity index (χ0) is 20.1.